The fourth-order valence-corrected chi connectivity index (χ4v) is 3.73. The summed E-state index contributed by atoms with van der Waals surface area (Å²) >= 11 is 0. The highest BCUT2D eigenvalue weighted by Crippen LogP contribution is 2.34. The average Bonchev–Trinajstić information content (AvgIpc) is 2.99. The lowest BCUT2D eigenvalue weighted by Crippen LogP contribution is -2.36. The van der Waals surface area contributed by atoms with E-state index >= 15 is 0 Å². The monoisotopic (exact) mass is 405 g/mol. The molecular formula is C20H22F3N5O. The number of imidazole rings is 1. The van der Waals surface area contributed by atoms with E-state index in [1.165, 1.54) is 13.0 Å². The van der Waals surface area contributed by atoms with Crippen molar-refractivity contribution in [2.24, 2.45) is 0 Å². The fraction of sp³-hybridized carbons (Fsp3) is 0.400. The van der Waals surface area contributed by atoms with Crippen molar-refractivity contribution in [3.8, 4) is 0 Å². The van der Waals surface area contributed by atoms with E-state index in [9.17, 15) is 13.2 Å². The van der Waals surface area contributed by atoms with E-state index in [0.29, 0.717) is 49.0 Å². The normalized spacial score (nSPS) is 15.3. The van der Waals surface area contributed by atoms with Gasteiger partial charge in [-0.15, -0.1) is 0 Å². The Morgan fingerprint density at radius 3 is 2.55 bits per heavy atom. The maximum Gasteiger partial charge on any atom is 0.416 e. The quantitative estimate of drug-likeness (QED) is 0.722. The number of halogens is 3. The summed E-state index contributed by atoms with van der Waals surface area (Å²) in [5, 5.41) is 0. The number of aryl methyl sites for hydroxylation is 1. The Morgan fingerprint density at radius 2 is 1.86 bits per heavy atom. The van der Waals surface area contributed by atoms with Gasteiger partial charge in [0.25, 0.3) is 0 Å². The first-order valence-corrected chi connectivity index (χ1v) is 9.37. The van der Waals surface area contributed by atoms with Crippen LogP contribution in [0.15, 0.2) is 24.3 Å². The molecule has 0 bridgehead atoms. The smallest absolute Gasteiger partial charge is 0.382 e. The van der Waals surface area contributed by atoms with Gasteiger partial charge < -0.3 is 19.9 Å². The number of nitrogens with zero attached hydrogens (tertiary/aromatic N) is 4. The van der Waals surface area contributed by atoms with E-state index in [-0.39, 0.29) is 12.1 Å². The van der Waals surface area contributed by atoms with Crippen LogP contribution in [-0.2, 0) is 17.5 Å². The van der Waals surface area contributed by atoms with Gasteiger partial charge >= 0.3 is 6.18 Å². The summed E-state index contributed by atoms with van der Waals surface area (Å²) in [5.41, 5.74) is 7.66. The summed E-state index contributed by atoms with van der Waals surface area (Å²) in [6.07, 6.45) is -4.38. The number of fused-ring (bicyclic) bond motifs is 1. The minimum Gasteiger partial charge on any atom is -0.382 e. The molecule has 0 atom stereocenters. The highest BCUT2D eigenvalue weighted by Gasteiger charge is 2.33. The molecular weight excluding hydrogens is 383 g/mol. The van der Waals surface area contributed by atoms with Crippen LogP contribution in [0.5, 0.6) is 0 Å². The summed E-state index contributed by atoms with van der Waals surface area (Å²) in [6.45, 7) is 6.22. The summed E-state index contributed by atoms with van der Waals surface area (Å²) < 4.78 is 47.2. The predicted octanol–water partition coefficient (Wildman–Crippen LogP) is 3.53. The second kappa shape index (κ2) is 7.22. The Hall–Kier alpha value is -2.81. The fourth-order valence-electron chi connectivity index (χ4n) is 3.73. The van der Waals surface area contributed by atoms with E-state index in [1.807, 2.05) is 17.6 Å². The molecule has 3 heterocycles. The predicted molar refractivity (Wildman–Crippen MR) is 105 cm³/mol. The second-order valence-electron chi connectivity index (χ2n) is 7.17. The van der Waals surface area contributed by atoms with Crippen molar-refractivity contribution in [3.63, 3.8) is 0 Å². The number of anilines is 2. The molecule has 154 valence electrons. The number of hydrogen-bond donors (Lipinski definition) is 1. The van der Waals surface area contributed by atoms with E-state index in [1.54, 1.807) is 6.07 Å². The summed E-state index contributed by atoms with van der Waals surface area (Å²) in [7, 11) is 0. The molecule has 1 fully saturated rings. The Balaban J connectivity index is 1.78. The van der Waals surface area contributed by atoms with Crippen LogP contribution >= 0.6 is 0 Å². The van der Waals surface area contributed by atoms with Gasteiger partial charge in [0.05, 0.1) is 24.3 Å². The number of ether oxygens (including phenoxy) is 1. The number of morpholine rings is 1. The van der Waals surface area contributed by atoms with Crippen LogP contribution < -0.4 is 10.6 Å². The Kier molecular flexibility index (Phi) is 4.85. The van der Waals surface area contributed by atoms with Gasteiger partial charge in [-0.05, 0) is 31.0 Å². The molecule has 1 aliphatic rings. The Morgan fingerprint density at radius 1 is 1.14 bits per heavy atom. The lowest BCUT2D eigenvalue weighted by Gasteiger charge is -2.28. The van der Waals surface area contributed by atoms with Crippen molar-refractivity contribution < 1.29 is 17.9 Å². The topological polar surface area (TPSA) is 69.2 Å². The van der Waals surface area contributed by atoms with Crippen LogP contribution in [0.3, 0.4) is 0 Å². The number of pyridine rings is 1. The number of nitrogens with two attached hydrogens (primary N) is 1. The Bertz CT molecular complexity index is 1050. The third-order valence-electron chi connectivity index (χ3n) is 5.36. The zero-order chi connectivity index (χ0) is 20.8. The van der Waals surface area contributed by atoms with Crippen LogP contribution in [0.1, 0.15) is 22.5 Å². The molecule has 0 amide bonds. The summed E-state index contributed by atoms with van der Waals surface area (Å²) in [4.78, 5) is 11.1. The maximum absolute atomic E-state index is 13.3. The minimum atomic E-state index is -4.38. The molecule has 0 radical (unpaired) electrons. The van der Waals surface area contributed by atoms with Gasteiger partial charge in [0.1, 0.15) is 17.2 Å². The molecule has 1 saturated heterocycles. The minimum absolute atomic E-state index is 0.219. The molecule has 9 heteroatoms. The molecule has 1 aromatic carbocycles. The molecule has 2 N–H and O–H groups in total. The lowest BCUT2D eigenvalue weighted by molar-refractivity contribution is -0.138. The van der Waals surface area contributed by atoms with Gasteiger partial charge in [-0.1, -0.05) is 12.1 Å². The van der Waals surface area contributed by atoms with Gasteiger partial charge in [-0.2, -0.15) is 13.2 Å². The third-order valence-corrected chi connectivity index (χ3v) is 5.36. The van der Waals surface area contributed by atoms with E-state index in [2.05, 4.69) is 14.9 Å². The van der Waals surface area contributed by atoms with Crippen LogP contribution in [-0.4, -0.2) is 40.8 Å². The van der Waals surface area contributed by atoms with Crippen LogP contribution in [0.2, 0.25) is 0 Å². The number of aromatic nitrogens is 3. The SMILES string of the molecule is Cc1c(Cn2c(C)nc3c(N)nc(N4CCOCC4)cc32)cccc1C(F)(F)F. The number of rotatable bonds is 3. The zero-order valence-electron chi connectivity index (χ0n) is 16.3. The Labute approximate surface area is 166 Å². The molecule has 6 nitrogen and oxygen atoms in total. The van der Waals surface area contributed by atoms with Crippen molar-refractivity contribution in [1.82, 2.24) is 14.5 Å². The van der Waals surface area contributed by atoms with Gasteiger partial charge in [0, 0.05) is 25.7 Å². The van der Waals surface area contributed by atoms with Crippen molar-refractivity contribution >= 4 is 22.7 Å². The molecule has 29 heavy (non-hydrogen) atoms. The molecule has 4 rings (SSSR count). The highest BCUT2D eigenvalue weighted by atomic mass is 19.4. The first-order chi connectivity index (χ1) is 13.8. The van der Waals surface area contributed by atoms with Crippen LogP contribution in [0.25, 0.3) is 11.0 Å². The van der Waals surface area contributed by atoms with Gasteiger partial charge in [-0.3, -0.25) is 0 Å². The number of nitrogen functional groups attached to an aromatic ring is 1. The van der Waals surface area contributed by atoms with Crippen molar-refractivity contribution in [1.29, 1.82) is 0 Å². The van der Waals surface area contributed by atoms with E-state index in [4.69, 9.17) is 10.5 Å². The maximum atomic E-state index is 13.3. The number of alkyl halides is 3. The van der Waals surface area contributed by atoms with Gasteiger partial charge in [-0.25, -0.2) is 9.97 Å². The first kappa shape index (κ1) is 19.5. The molecule has 2 aromatic heterocycles. The van der Waals surface area contributed by atoms with Crippen molar-refractivity contribution in [2.45, 2.75) is 26.6 Å². The average molecular weight is 405 g/mol. The number of hydrogen-bond acceptors (Lipinski definition) is 5. The van der Waals surface area contributed by atoms with Crippen molar-refractivity contribution in [2.75, 3.05) is 36.9 Å². The molecule has 3 aromatic rings. The lowest BCUT2D eigenvalue weighted by atomic mass is 10.0. The van der Waals surface area contributed by atoms with Crippen molar-refractivity contribution in [3.05, 3.63) is 46.8 Å². The third kappa shape index (κ3) is 3.62. The molecule has 1 aliphatic heterocycles. The summed E-state index contributed by atoms with van der Waals surface area (Å²) in [5.74, 6) is 1.70. The summed E-state index contributed by atoms with van der Waals surface area (Å²) in [6, 6.07) is 6.16. The first-order valence-electron chi connectivity index (χ1n) is 9.37. The molecule has 0 saturated carbocycles. The van der Waals surface area contributed by atoms with Crippen LogP contribution in [0, 0.1) is 13.8 Å². The number of benzene rings is 1. The highest BCUT2D eigenvalue weighted by molar-refractivity contribution is 5.88. The van der Waals surface area contributed by atoms with E-state index < -0.39 is 11.7 Å². The van der Waals surface area contributed by atoms with Gasteiger partial charge in [0.2, 0.25) is 0 Å². The van der Waals surface area contributed by atoms with Crippen LogP contribution in [0.4, 0.5) is 24.8 Å². The van der Waals surface area contributed by atoms with Gasteiger partial charge in [0.15, 0.2) is 5.82 Å². The second-order valence-corrected chi connectivity index (χ2v) is 7.17. The molecule has 0 aliphatic carbocycles. The van der Waals surface area contributed by atoms with E-state index in [0.717, 1.165) is 17.4 Å². The molecule has 0 unspecified atom stereocenters. The standard InChI is InChI=1S/C20H22F3N5O/c1-12-14(4-3-5-15(12)20(21,22)23)11-28-13(2)25-18-16(28)10-17(26-19(18)24)27-6-8-29-9-7-27/h3-5,10H,6-9,11H2,1-2H3,(H2,24,26). The zero-order valence-corrected chi connectivity index (χ0v) is 16.3. The molecule has 0 spiro atoms. The largest absolute Gasteiger partial charge is 0.416 e.